The Bertz CT molecular complexity index is 1470. The third-order valence-corrected chi connectivity index (χ3v) is 11.3. The van der Waals surface area contributed by atoms with Gasteiger partial charge in [0.1, 0.15) is 0 Å². The van der Waals surface area contributed by atoms with Gasteiger partial charge in [-0.25, -0.2) is 21.1 Å². The number of piperidine rings is 2. The fourth-order valence-corrected chi connectivity index (χ4v) is 7.79. The van der Waals surface area contributed by atoms with Gasteiger partial charge in [0, 0.05) is 57.5 Å². The zero-order valence-electron chi connectivity index (χ0n) is 26.0. The molecule has 2 amide bonds. The van der Waals surface area contributed by atoms with Crippen LogP contribution in [0.3, 0.4) is 0 Å². The van der Waals surface area contributed by atoms with Crippen molar-refractivity contribution in [2.75, 3.05) is 51.8 Å². The first-order valence-corrected chi connectivity index (χ1v) is 19.2. The summed E-state index contributed by atoms with van der Waals surface area (Å²) in [4.78, 5) is 31.0. The molecule has 0 radical (unpaired) electrons. The number of rotatable bonds is 12. The zero-order valence-corrected chi connectivity index (χ0v) is 27.7. The van der Waals surface area contributed by atoms with Crippen molar-refractivity contribution in [3.8, 4) is 0 Å². The second-order valence-electron chi connectivity index (χ2n) is 12.0. The minimum Gasteiger partial charge on any atom is -0.349 e. The van der Waals surface area contributed by atoms with Crippen molar-refractivity contribution in [2.24, 2.45) is 5.92 Å². The molecule has 0 aromatic heterocycles. The molecule has 0 aliphatic carbocycles. The lowest BCUT2D eigenvalue weighted by molar-refractivity contribution is -0.133. The number of hydrogen-bond donors (Lipinski definition) is 1. The summed E-state index contributed by atoms with van der Waals surface area (Å²) < 4.78 is 48.7. The molecule has 0 spiro atoms. The van der Waals surface area contributed by atoms with E-state index in [2.05, 4.69) is 10.2 Å². The van der Waals surface area contributed by atoms with Crippen LogP contribution >= 0.6 is 0 Å². The fourth-order valence-electron chi connectivity index (χ4n) is 6.28. The Morgan fingerprint density at radius 2 is 1.50 bits per heavy atom. The first kappa shape index (κ1) is 34.1. The van der Waals surface area contributed by atoms with Crippen LogP contribution in [-0.4, -0.2) is 101 Å². The summed E-state index contributed by atoms with van der Waals surface area (Å²) in [5, 5.41) is 3.26. The lowest BCUT2D eigenvalue weighted by atomic mass is 9.95. The van der Waals surface area contributed by atoms with Gasteiger partial charge in [-0.2, -0.15) is 0 Å². The van der Waals surface area contributed by atoms with Crippen LogP contribution in [0, 0.1) is 5.92 Å². The van der Waals surface area contributed by atoms with Crippen LogP contribution in [0.15, 0.2) is 59.5 Å². The second kappa shape index (κ2) is 15.0. The molecule has 2 aromatic carbocycles. The number of likely N-dealkylation sites (tertiary alicyclic amines) is 1. The number of likely N-dealkylation sites (N-methyl/N-ethyl adjacent to an activating group) is 1. The van der Waals surface area contributed by atoms with Crippen LogP contribution in [0.25, 0.3) is 0 Å². The van der Waals surface area contributed by atoms with Crippen molar-refractivity contribution in [3.63, 3.8) is 0 Å². The van der Waals surface area contributed by atoms with Crippen LogP contribution in [0.4, 0.5) is 0 Å². The topological polar surface area (TPSA) is 124 Å². The summed E-state index contributed by atoms with van der Waals surface area (Å²) in [6, 6.07) is 16.5. The van der Waals surface area contributed by atoms with E-state index in [9.17, 15) is 26.4 Å². The highest BCUT2D eigenvalue weighted by Crippen LogP contribution is 2.24. The number of amides is 2. The van der Waals surface area contributed by atoms with Gasteiger partial charge < -0.3 is 15.1 Å². The van der Waals surface area contributed by atoms with Gasteiger partial charge in [0.05, 0.1) is 23.6 Å². The van der Waals surface area contributed by atoms with E-state index in [1.165, 1.54) is 16.8 Å². The largest absolute Gasteiger partial charge is 0.349 e. The highest BCUT2D eigenvalue weighted by molar-refractivity contribution is 7.90. The summed E-state index contributed by atoms with van der Waals surface area (Å²) >= 11 is 0. The average molecular weight is 647 g/mol. The number of nitrogens with one attached hydrogen (secondary N) is 1. The quantitative estimate of drug-likeness (QED) is 0.376. The Balaban J connectivity index is 1.29. The van der Waals surface area contributed by atoms with Gasteiger partial charge in [-0.05, 0) is 62.3 Å². The van der Waals surface area contributed by atoms with Gasteiger partial charge in [-0.1, -0.05) is 42.5 Å². The molecule has 2 aliphatic rings. The number of carbonyl (C=O) groups is 2. The third kappa shape index (κ3) is 9.35. The van der Waals surface area contributed by atoms with E-state index < -0.39 is 19.9 Å². The summed E-state index contributed by atoms with van der Waals surface area (Å²) in [5.74, 6) is -0.175. The van der Waals surface area contributed by atoms with Gasteiger partial charge in [0.15, 0.2) is 9.84 Å². The van der Waals surface area contributed by atoms with Crippen molar-refractivity contribution in [1.29, 1.82) is 0 Å². The van der Waals surface area contributed by atoms with Gasteiger partial charge in [0.25, 0.3) is 0 Å². The lowest BCUT2D eigenvalue weighted by Crippen LogP contribution is -2.48. The molecule has 0 bridgehead atoms. The molecule has 0 unspecified atom stereocenters. The van der Waals surface area contributed by atoms with Crippen LogP contribution in [-0.2, 0) is 35.9 Å². The Kier molecular flexibility index (Phi) is 11.6. The van der Waals surface area contributed by atoms with E-state index >= 15 is 0 Å². The maximum Gasteiger partial charge on any atom is 0.227 e. The molecule has 10 nitrogen and oxygen atoms in total. The Morgan fingerprint density at radius 3 is 2.05 bits per heavy atom. The maximum atomic E-state index is 13.2. The summed E-state index contributed by atoms with van der Waals surface area (Å²) in [6.07, 6.45) is 6.15. The monoisotopic (exact) mass is 646 g/mol. The first-order chi connectivity index (χ1) is 20.8. The molecule has 2 saturated heterocycles. The molecular weight excluding hydrogens is 601 g/mol. The minimum atomic E-state index is -3.28. The van der Waals surface area contributed by atoms with Crippen molar-refractivity contribution >= 4 is 31.7 Å². The number of benzene rings is 2. The van der Waals surface area contributed by atoms with Crippen LogP contribution < -0.4 is 5.32 Å². The second-order valence-corrected chi connectivity index (χ2v) is 16.0. The van der Waals surface area contributed by atoms with Crippen LogP contribution in [0.2, 0.25) is 0 Å². The Morgan fingerprint density at radius 1 is 0.886 bits per heavy atom. The molecule has 2 fully saturated rings. The minimum absolute atomic E-state index is 0.0197. The van der Waals surface area contributed by atoms with Crippen molar-refractivity contribution in [1.82, 2.24) is 19.4 Å². The van der Waals surface area contributed by atoms with Crippen LogP contribution in [0.5, 0.6) is 0 Å². The Hall–Kier alpha value is -2.80. The molecule has 2 heterocycles. The number of carbonyl (C=O) groups excluding carboxylic acids is 2. The van der Waals surface area contributed by atoms with E-state index in [4.69, 9.17) is 0 Å². The molecular formula is C32H46N4O6S2. The zero-order chi connectivity index (χ0) is 31.9. The highest BCUT2D eigenvalue weighted by atomic mass is 32.2. The number of nitrogens with zero attached hydrogens (tertiary/aromatic N) is 3. The molecule has 242 valence electrons. The van der Waals surface area contributed by atoms with Gasteiger partial charge >= 0.3 is 0 Å². The molecule has 1 atom stereocenters. The smallest absolute Gasteiger partial charge is 0.227 e. The molecule has 0 saturated carbocycles. The summed E-state index contributed by atoms with van der Waals surface area (Å²) in [7, 11) is -6.52. The molecule has 4 rings (SSSR count). The third-order valence-electron chi connectivity index (χ3n) is 8.91. The predicted molar refractivity (Wildman–Crippen MR) is 171 cm³/mol. The van der Waals surface area contributed by atoms with E-state index in [1.54, 1.807) is 24.3 Å². The van der Waals surface area contributed by atoms with Gasteiger partial charge in [0.2, 0.25) is 21.8 Å². The number of hydrogen-bond acceptors (Lipinski definition) is 7. The van der Waals surface area contributed by atoms with Crippen molar-refractivity contribution in [2.45, 2.75) is 62.4 Å². The highest BCUT2D eigenvalue weighted by Gasteiger charge is 2.31. The summed E-state index contributed by atoms with van der Waals surface area (Å²) in [5.41, 5.74) is 1.85. The van der Waals surface area contributed by atoms with Gasteiger partial charge in [-0.15, -0.1) is 0 Å². The van der Waals surface area contributed by atoms with Crippen LogP contribution in [0.1, 0.15) is 56.2 Å². The van der Waals surface area contributed by atoms with E-state index in [-0.39, 0.29) is 41.1 Å². The van der Waals surface area contributed by atoms with E-state index in [1.807, 2.05) is 42.2 Å². The van der Waals surface area contributed by atoms with Crippen molar-refractivity contribution < 1.29 is 26.4 Å². The lowest BCUT2D eigenvalue weighted by Gasteiger charge is -2.38. The first-order valence-electron chi connectivity index (χ1n) is 15.5. The SMILES string of the molecule is CCN(C(=O)Cc1ccc(S(C)(=O)=O)cc1)C1CCN(CC[C@H](NC(=O)C2CCN(S(C)(=O)=O)CC2)c2ccccc2)CC1. The summed E-state index contributed by atoms with van der Waals surface area (Å²) in [6.45, 7) is 5.88. The molecule has 1 N–H and O–H groups in total. The van der Waals surface area contributed by atoms with Gasteiger partial charge in [-0.3, -0.25) is 9.59 Å². The molecule has 2 aliphatic heterocycles. The predicted octanol–water partition coefficient (Wildman–Crippen LogP) is 2.86. The van der Waals surface area contributed by atoms with E-state index in [0.717, 1.165) is 50.0 Å². The van der Waals surface area contributed by atoms with E-state index in [0.29, 0.717) is 32.5 Å². The maximum absolute atomic E-state index is 13.2. The molecule has 2 aromatic rings. The average Bonchev–Trinajstić information content (AvgIpc) is 3.00. The Labute approximate surface area is 262 Å². The normalized spacial score (nSPS) is 18.5. The standard InChI is InChI=1S/C32H46N4O6S2/c1-4-36(31(37)24-25-10-12-29(13-11-25)43(2,39)40)28-16-19-34(20-17-28)21-18-30(26-8-6-5-7-9-26)33-32(38)27-14-22-35(23-15-27)44(3,41)42/h5-13,27-28,30H,4,14-24H2,1-3H3,(H,33,38)/t30-/m0/s1. The number of sulfonamides is 1. The molecule has 44 heavy (non-hydrogen) atoms. The molecule has 12 heteroatoms. The fraction of sp³-hybridized carbons (Fsp3) is 0.562. The number of sulfone groups is 1. The van der Waals surface area contributed by atoms with Crippen molar-refractivity contribution in [3.05, 3.63) is 65.7 Å².